The van der Waals surface area contributed by atoms with Crippen molar-refractivity contribution >= 4 is 28.3 Å². The summed E-state index contributed by atoms with van der Waals surface area (Å²) in [5, 5.41) is 15.7. The van der Waals surface area contributed by atoms with Crippen LogP contribution >= 0.6 is 0 Å². The number of para-hydroxylation sites is 1. The molecular formula is C32H36N4O4. The Hall–Kier alpha value is -3.81. The number of aromatic nitrogens is 3. The summed E-state index contributed by atoms with van der Waals surface area (Å²) in [4.78, 5) is 27.0. The molecule has 4 aromatic rings. The number of amides is 1. The third-order valence-electron chi connectivity index (χ3n) is 9.31. The van der Waals surface area contributed by atoms with E-state index < -0.39 is 5.97 Å². The van der Waals surface area contributed by atoms with E-state index in [9.17, 15) is 14.7 Å². The average Bonchev–Trinajstić information content (AvgIpc) is 3.60. The number of rotatable bonds is 7. The Bertz CT molecular complexity index is 1630. The van der Waals surface area contributed by atoms with E-state index in [-0.39, 0.29) is 11.5 Å². The molecule has 1 aromatic carbocycles. The van der Waals surface area contributed by atoms with Gasteiger partial charge >= 0.3 is 5.97 Å². The lowest BCUT2D eigenvalue weighted by molar-refractivity contribution is -0.141. The number of carboxylic acids is 1. The minimum absolute atomic E-state index is 0.136. The predicted molar refractivity (Wildman–Crippen MR) is 153 cm³/mol. The maximum absolute atomic E-state index is 13.1. The highest BCUT2D eigenvalue weighted by atomic mass is 16.5. The maximum atomic E-state index is 13.1. The fraction of sp³-hybridized carbons (Fsp3) is 0.469. The summed E-state index contributed by atoms with van der Waals surface area (Å²) in [5.74, 6) is 1.04. The molecule has 3 fully saturated rings. The number of pyridine rings is 1. The number of likely N-dealkylation sites (tertiary alicyclic amines) is 1. The number of hydrogen-bond donors (Lipinski definition) is 1. The number of nitrogens with zero attached hydrogens (tertiary/aromatic N) is 4. The summed E-state index contributed by atoms with van der Waals surface area (Å²) in [6, 6.07) is 10.3. The monoisotopic (exact) mass is 540 g/mol. The van der Waals surface area contributed by atoms with E-state index in [1.165, 1.54) is 48.6 Å². The minimum Gasteiger partial charge on any atom is -0.494 e. The van der Waals surface area contributed by atoms with E-state index in [1.54, 1.807) is 23.9 Å². The first-order chi connectivity index (χ1) is 19.4. The van der Waals surface area contributed by atoms with Crippen molar-refractivity contribution in [3.8, 4) is 17.1 Å². The third kappa shape index (κ3) is 4.16. The Morgan fingerprint density at radius 2 is 1.82 bits per heavy atom. The van der Waals surface area contributed by atoms with E-state index in [0.29, 0.717) is 23.5 Å². The van der Waals surface area contributed by atoms with Crippen molar-refractivity contribution < 1.29 is 19.4 Å². The molecule has 0 atom stereocenters. The molecule has 4 heterocycles. The molecule has 0 bridgehead atoms. The van der Waals surface area contributed by atoms with Crippen LogP contribution in [0.1, 0.15) is 72.3 Å². The second-order valence-electron chi connectivity index (χ2n) is 12.0. The Morgan fingerprint density at radius 3 is 2.52 bits per heavy atom. The minimum atomic E-state index is -1.01. The number of carbonyl (C=O) groups excluding carboxylic acids is 1. The van der Waals surface area contributed by atoms with Crippen molar-refractivity contribution in [2.24, 2.45) is 11.8 Å². The number of hydrogen-bond acceptors (Lipinski definition) is 4. The summed E-state index contributed by atoms with van der Waals surface area (Å²) in [6.07, 6.45) is 9.71. The van der Waals surface area contributed by atoms with Gasteiger partial charge in [-0.15, -0.1) is 0 Å². The molecule has 0 spiro atoms. The van der Waals surface area contributed by atoms with Crippen LogP contribution < -0.4 is 4.74 Å². The summed E-state index contributed by atoms with van der Waals surface area (Å²) in [5.41, 5.74) is 6.31. The van der Waals surface area contributed by atoms with Gasteiger partial charge in [0.15, 0.2) is 0 Å². The molecular weight excluding hydrogens is 504 g/mol. The van der Waals surface area contributed by atoms with Crippen LogP contribution in [0.3, 0.4) is 0 Å². The number of aryl methyl sites for hydroxylation is 1. The number of carbonyl (C=O) groups is 2. The summed E-state index contributed by atoms with van der Waals surface area (Å²) in [7, 11) is 1.56. The predicted octanol–water partition coefficient (Wildman–Crippen LogP) is 5.89. The van der Waals surface area contributed by atoms with Crippen LogP contribution in [0, 0.1) is 18.8 Å². The van der Waals surface area contributed by atoms with Crippen molar-refractivity contribution in [3.05, 3.63) is 53.2 Å². The third-order valence-corrected chi connectivity index (χ3v) is 9.31. The molecule has 3 aliphatic rings. The lowest BCUT2D eigenvalue weighted by Crippen LogP contribution is -2.51. The van der Waals surface area contributed by atoms with E-state index in [1.807, 2.05) is 6.92 Å². The zero-order chi connectivity index (χ0) is 27.5. The molecule has 1 aliphatic heterocycles. The molecule has 208 valence electrons. The van der Waals surface area contributed by atoms with Gasteiger partial charge in [0.05, 0.1) is 23.9 Å². The number of benzene rings is 1. The molecule has 8 heteroatoms. The maximum Gasteiger partial charge on any atom is 0.337 e. The van der Waals surface area contributed by atoms with Gasteiger partial charge in [0.1, 0.15) is 17.0 Å². The molecule has 2 saturated carbocycles. The second kappa shape index (κ2) is 9.68. The first-order valence-corrected chi connectivity index (χ1v) is 14.6. The summed E-state index contributed by atoms with van der Waals surface area (Å²) in [6.45, 7) is 4.54. The highest BCUT2D eigenvalue weighted by Gasteiger charge is 2.37. The van der Waals surface area contributed by atoms with E-state index >= 15 is 0 Å². The summed E-state index contributed by atoms with van der Waals surface area (Å²) >= 11 is 0. The molecule has 8 nitrogen and oxygen atoms in total. The first-order valence-electron chi connectivity index (χ1n) is 14.6. The zero-order valence-electron chi connectivity index (χ0n) is 23.2. The fourth-order valence-electron chi connectivity index (χ4n) is 6.89. The largest absolute Gasteiger partial charge is 0.494 e. The first kappa shape index (κ1) is 25.2. The molecule has 3 aromatic heterocycles. The zero-order valence-corrected chi connectivity index (χ0v) is 23.2. The van der Waals surface area contributed by atoms with Gasteiger partial charge in [-0.1, -0.05) is 37.5 Å². The molecule has 40 heavy (non-hydrogen) atoms. The van der Waals surface area contributed by atoms with Crippen LogP contribution in [0.25, 0.3) is 27.8 Å². The average molecular weight is 541 g/mol. The Kier molecular flexibility index (Phi) is 6.09. The quantitative estimate of drug-likeness (QED) is 0.316. The Morgan fingerprint density at radius 1 is 1.05 bits per heavy atom. The van der Waals surface area contributed by atoms with Crippen LogP contribution in [0.5, 0.6) is 5.75 Å². The van der Waals surface area contributed by atoms with Crippen molar-refractivity contribution in [2.75, 3.05) is 20.2 Å². The number of methoxy groups -OCH3 is 1. The molecule has 7 rings (SSSR count). The van der Waals surface area contributed by atoms with E-state index in [4.69, 9.17) is 9.84 Å². The molecule has 1 N–H and O–H groups in total. The van der Waals surface area contributed by atoms with Crippen LogP contribution in [0.2, 0.25) is 0 Å². The van der Waals surface area contributed by atoms with Gasteiger partial charge < -0.3 is 19.3 Å². The highest BCUT2D eigenvalue weighted by molar-refractivity contribution is 5.93. The highest BCUT2D eigenvalue weighted by Crippen LogP contribution is 2.42. The van der Waals surface area contributed by atoms with Crippen molar-refractivity contribution in [3.63, 3.8) is 0 Å². The molecule has 1 amide bonds. The van der Waals surface area contributed by atoms with Gasteiger partial charge in [-0.3, -0.25) is 4.79 Å². The van der Waals surface area contributed by atoms with Crippen LogP contribution in [-0.4, -0.2) is 56.3 Å². The van der Waals surface area contributed by atoms with Gasteiger partial charge in [-0.05, 0) is 56.2 Å². The SMILES string of the molecule is COc1cc(C(=O)O)cn2nc(-c3cc4cccc(C5CN(C(=O)C6CCCCC6)C5)c4n3CC3CC3)c(C)c12. The Labute approximate surface area is 233 Å². The lowest BCUT2D eigenvalue weighted by Gasteiger charge is -2.42. The van der Waals surface area contributed by atoms with Gasteiger partial charge in [-0.2, -0.15) is 5.10 Å². The van der Waals surface area contributed by atoms with Gasteiger partial charge in [0.25, 0.3) is 0 Å². The second-order valence-corrected chi connectivity index (χ2v) is 12.0. The van der Waals surface area contributed by atoms with Gasteiger partial charge in [0, 0.05) is 48.6 Å². The van der Waals surface area contributed by atoms with Crippen LogP contribution in [-0.2, 0) is 11.3 Å². The normalized spacial score (nSPS) is 18.4. The van der Waals surface area contributed by atoms with Gasteiger partial charge in [0.2, 0.25) is 5.91 Å². The van der Waals surface area contributed by atoms with Crippen LogP contribution in [0.15, 0.2) is 36.5 Å². The molecule has 2 aliphatic carbocycles. The number of fused-ring (bicyclic) bond motifs is 2. The van der Waals surface area contributed by atoms with Crippen molar-refractivity contribution in [1.82, 2.24) is 19.1 Å². The van der Waals surface area contributed by atoms with E-state index in [2.05, 4.69) is 33.7 Å². The van der Waals surface area contributed by atoms with E-state index in [0.717, 1.165) is 54.9 Å². The number of carboxylic acid groups (broad SMARTS) is 1. The standard InChI is InChI=1S/C32H36N4O4/c1-19-28(33-36-18-23(32(38)39)14-27(40-2)29(19)36)26-13-22-9-6-10-25(30(22)35(26)15-20-11-12-20)24-16-34(17-24)31(37)21-7-4-3-5-8-21/h6,9-10,13-14,18,20-21,24H,3-5,7-8,11-12,15-17H2,1-2H3,(H,38,39). The Balaban J connectivity index is 1.29. The van der Waals surface area contributed by atoms with Crippen LogP contribution in [0.4, 0.5) is 0 Å². The lowest BCUT2D eigenvalue weighted by atomic mass is 9.84. The van der Waals surface area contributed by atoms with Crippen molar-refractivity contribution in [1.29, 1.82) is 0 Å². The topological polar surface area (TPSA) is 89.1 Å². The smallest absolute Gasteiger partial charge is 0.337 e. The molecule has 0 radical (unpaired) electrons. The fourth-order valence-corrected chi connectivity index (χ4v) is 6.89. The van der Waals surface area contributed by atoms with Crippen molar-refractivity contribution in [2.45, 2.75) is 64.3 Å². The number of aromatic carboxylic acids is 1. The summed E-state index contributed by atoms with van der Waals surface area (Å²) < 4.78 is 9.68. The molecule has 1 saturated heterocycles. The molecule has 0 unspecified atom stereocenters. The number of ether oxygens (including phenoxy) is 1. The van der Waals surface area contributed by atoms with Gasteiger partial charge in [-0.25, -0.2) is 9.31 Å².